The van der Waals surface area contributed by atoms with E-state index in [0.29, 0.717) is 12.6 Å². The van der Waals surface area contributed by atoms with Gasteiger partial charge >= 0.3 is 0 Å². The molecule has 2 N–H and O–H groups in total. The maximum atomic E-state index is 4.64. The van der Waals surface area contributed by atoms with Crippen LogP contribution in [0.15, 0.2) is 11.2 Å². The molecule has 0 saturated carbocycles. The molecule has 0 saturated heterocycles. The molecule has 0 amide bonds. The van der Waals surface area contributed by atoms with Crippen molar-refractivity contribution < 1.29 is 0 Å². The van der Waals surface area contributed by atoms with Crippen molar-refractivity contribution in [3.05, 3.63) is 16.1 Å². The minimum absolute atomic E-state index is 0.455. The van der Waals surface area contributed by atoms with Gasteiger partial charge in [0.1, 0.15) is 5.01 Å². The van der Waals surface area contributed by atoms with Gasteiger partial charge in [-0.15, -0.1) is 11.3 Å². The molecule has 0 aliphatic rings. The second-order valence-corrected chi connectivity index (χ2v) is 6.51. The fourth-order valence-electron chi connectivity index (χ4n) is 2.06. The number of nitrogens with one attached hydrogen (secondary N) is 2. The van der Waals surface area contributed by atoms with Gasteiger partial charge in [-0.1, -0.05) is 33.1 Å². The topological polar surface area (TPSA) is 49.3 Å². The Kier molecular flexibility index (Phi) is 9.06. The summed E-state index contributed by atoms with van der Waals surface area (Å²) in [7, 11) is 0. The smallest absolute Gasteiger partial charge is 0.191 e. The molecule has 0 aromatic carbocycles. The SMILES string of the molecule is CCCCCC(C)NC(=NCc1ncc(CC)s1)NCC. The fraction of sp³-hybridized carbons (Fsp3) is 0.750. The predicted molar refractivity (Wildman–Crippen MR) is 93.0 cm³/mol. The van der Waals surface area contributed by atoms with Gasteiger partial charge in [0, 0.05) is 23.7 Å². The Bertz CT molecular complexity index is 414. The van der Waals surface area contributed by atoms with Gasteiger partial charge in [0.15, 0.2) is 5.96 Å². The molecule has 1 aromatic heterocycles. The highest BCUT2D eigenvalue weighted by Gasteiger charge is 2.05. The summed E-state index contributed by atoms with van der Waals surface area (Å²) in [6.45, 7) is 10.2. The zero-order valence-electron chi connectivity index (χ0n) is 13.9. The largest absolute Gasteiger partial charge is 0.357 e. The number of hydrogen-bond donors (Lipinski definition) is 2. The van der Waals surface area contributed by atoms with Crippen molar-refractivity contribution >= 4 is 17.3 Å². The predicted octanol–water partition coefficient (Wildman–Crippen LogP) is 3.73. The van der Waals surface area contributed by atoms with Crippen LogP contribution in [0.2, 0.25) is 0 Å². The first-order chi connectivity index (χ1) is 10.2. The summed E-state index contributed by atoms with van der Waals surface area (Å²) < 4.78 is 0. The van der Waals surface area contributed by atoms with Crippen LogP contribution >= 0.6 is 11.3 Å². The van der Waals surface area contributed by atoms with Crippen molar-refractivity contribution in [3.8, 4) is 0 Å². The Morgan fingerprint density at radius 2 is 2.14 bits per heavy atom. The van der Waals surface area contributed by atoms with E-state index in [1.165, 1.54) is 30.6 Å². The van der Waals surface area contributed by atoms with Crippen LogP contribution in [0.4, 0.5) is 0 Å². The minimum atomic E-state index is 0.455. The summed E-state index contributed by atoms with van der Waals surface area (Å²) in [6, 6.07) is 0.455. The van der Waals surface area contributed by atoms with E-state index in [-0.39, 0.29) is 0 Å². The fourth-order valence-corrected chi connectivity index (χ4v) is 2.84. The lowest BCUT2D eigenvalue weighted by molar-refractivity contribution is 0.547. The number of aliphatic imine (C=N–C) groups is 1. The molecule has 0 radical (unpaired) electrons. The zero-order valence-corrected chi connectivity index (χ0v) is 14.7. The van der Waals surface area contributed by atoms with E-state index < -0.39 is 0 Å². The van der Waals surface area contributed by atoms with Crippen molar-refractivity contribution in [2.45, 2.75) is 72.4 Å². The Labute approximate surface area is 133 Å². The van der Waals surface area contributed by atoms with E-state index in [2.05, 4.69) is 48.3 Å². The van der Waals surface area contributed by atoms with Crippen LogP contribution in [-0.2, 0) is 13.0 Å². The van der Waals surface area contributed by atoms with E-state index in [4.69, 9.17) is 0 Å². The zero-order chi connectivity index (χ0) is 15.5. The highest BCUT2D eigenvalue weighted by molar-refractivity contribution is 7.11. The van der Waals surface area contributed by atoms with Crippen LogP contribution in [-0.4, -0.2) is 23.5 Å². The molecule has 21 heavy (non-hydrogen) atoms. The Morgan fingerprint density at radius 1 is 1.33 bits per heavy atom. The lowest BCUT2D eigenvalue weighted by Gasteiger charge is -2.17. The molecule has 0 spiro atoms. The Balaban J connectivity index is 2.48. The van der Waals surface area contributed by atoms with Gasteiger partial charge < -0.3 is 10.6 Å². The van der Waals surface area contributed by atoms with Crippen LogP contribution < -0.4 is 10.6 Å². The van der Waals surface area contributed by atoms with Gasteiger partial charge in [-0.2, -0.15) is 0 Å². The van der Waals surface area contributed by atoms with E-state index in [9.17, 15) is 0 Å². The third-order valence-corrected chi connectivity index (χ3v) is 4.42. The lowest BCUT2D eigenvalue weighted by atomic mass is 10.1. The number of nitrogens with zero attached hydrogens (tertiary/aromatic N) is 2. The summed E-state index contributed by atoms with van der Waals surface area (Å²) in [4.78, 5) is 10.4. The van der Waals surface area contributed by atoms with E-state index >= 15 is 0 Å². The third-order valence-electron chi connectivity index (χ3n) is 3.29. The second kappa shape index (κ2) is 10.6. The Hall–Kier alpha value is -1.10. The molecular formula is C16H30N4S. The molecule has 0 bridgehead atoms. The van der Waals surface area contributed by atoms with Crippen LogP contribution in [0.1, 0.15) is 63.3 Å². The van der Waals surface area contributed by atoms with Crippen LogP contribution in [0.3, 0.4) is 0 Å². The standard InChI is InChI=1S/C16H30N4S/c1-5-8-9-10-13(4)20-16(17-7-3)19-12-15-18-11-14(6-2)21-15/h11,13H,5-10,12H2,1-4H3,(H2,17,19,20). The summed E-state index contributed by atoms with van der Waals surface area (Å²) in [5.74, 6) is 0.898. The molecule has 120 valence electrons. The molecule has 5 heteroatoms. The number of guanidine groups is 1. The number of aromatic nitrogens is 1. The summed E-state index contributed by atoms with van der Waals surface area (Å²) >= 11 is 1.75. The highest BCUT2D eigenvalue weighted by atomic mass is 32.1. The normalized spacial score (nSPS) is 13.2. The van der Waals surface area contributed by atoms with Gasteiger partial charge in [-0.3, -0.25) is 0 Å². The molecular weight excluding hydrogens is 280 g/mol. The first-order valence-corrected chi connectivity index (χ1v) is 8.99. The molecule has 0 aliphatic heterocycles. The maximum absolute atomic E-state index is 4.64. The molecule has 1 atom stereocenters. The first kappa shape index (κ1) is 18.0. The van der Waals surface area contributed by atoms with E-state index in [1.54, 1.807) is 11.3 Å². The second-order valence-electron chi connectivity index (χ2n) is 5.31. The molecule has 0 aliphatic carbocycles. The quantitative estimate of drug-likeness (QED) is 0.415. The van der Waals surface area contributed by atoms with Crippen LogP contribution in [0.25, 0.3) is 0 Å². The van der Waals surface area contributed by atoms with Gasteiger partial charge in [0.05, 0.1) is 6.54 Å². The van der Waals surface area contributed by atoms with Crippen molar-refractivity contribution in [2.75, 3.05) is 6.54 Å². The maximum Gasteiger partial charge on any atom is 0.191 e. The van der Waals surface area contributed by atoms with Crippen molar-refractivity contribution in [1.82, 2.24) is 15.6 Å². The number of thiazole rings is 1. The monoisotopic (exact) mass is 310 g/mol. The van der Waals surface area contributed by atoms with Gasteiger partial charge in [-0.05, 0) is 26.7 Å². The summed E-state index contributed by atoms with van der Waals surface area (Å²) in [5.41, 5.74) is 0. The average Bonchev–Trinajstić information content (AvgIpc) is 2.93. The number of unbranched alkanes of at least 4 members (excludes halogenated alkanes) is 2. The first-order valence-electron chi connectivity index (χ1n) is 8.17. The van der Waals surface area contributed by atoms with Crippen molar-refractivity contribution in [3.63, 3.8) is 0 Å². The summed E-state index contributed by atoms with van der Waals surface area (Å²) in [5, 5.41) is 7.88. The van der Waals surface area contributed by atoms with Crippen LogP contribution in [0.5, 0.6) is 0 Å². The number of rotatable bonds is 9. The van der Waals surface area contributed by atoms with Gasteiger partial charge in [0.25, 0.3) is 0 Å². The molecule has 0 fully saturated rings. The lowest BCUT2D eigenvalue weighted by Crippen LogP contribution is -2.42. The van der Waals surface area contributed by atoms with E-state index in [1.807, 2.05) is 6.20 Å². The van der Waals surface area contributed by atoms with E-state index in [0.717, 1.165) is 23.9 Å². The summed E-state index contributed by atoms with van der Waals surface area (Å²) in [6.07, 6.45) is 8.05. The number of aryl methyl sites for hydroxylation is 1. The van der Waals surface area contributed by atoms with Crippen molar-refractivity contribution in [1.29, 1.82) is 0 Å². The highest BCUT2D eigenvalue weighted by Crippen LogP contribution is 2.14. The average molecular weight is 311 g/mol. The molecule has 1 heterocycles. The molecule has 4 nitrogen and oxygen atoms in total. The molecule has 1 unspecified atom stereocenters. The number of hydrogen-bond acceptors (Lipinski definition) is 3. The minimum Gasteiger partial charge on any atom is -0.357 e. The van der Waals surface area contributed by atoms with Crippen molar-refractivity contribution in [2.24, 2.45) is 4.99 Å². The Morgan fingerprint density at radius 3 is 2.76 bits per heavy atom. The third kappa shape index (κ3) is 7.46. The van der Waals surface area contributed by atoms with Gasteiger partial charge in [0.2, 0.25) is 0 Å². The molecule has 1 rings (SSSR count). The molecule has 1 aromatic rings. The van der Waals surface area contributed by atoms with Gasteiger partial charge in [-0.25, -0.2) is 9.98 Å². The van der Waals surface area contributed by atoms with Crippen LogP contribution in [0, 0.1) is 0 Å².